The maximum absolute atomic E-state index is 12.6. The minimum Gasteiger partial charge on any atom is -0.312 e. The SMILES string of the molecule is CN1CCC[C@H](C(=O)N2CCc3ccccc32)C1. The summed E-state index contributed by atoms with van der Waals surface area (Å²) in [7, 11) is 2.11. The molecule has 1 atom stereocenters. The molecule has 0 bridgehead atoms. The standard InChI is InChI=1S/C15H20N2O/c1-16-9-4-6-13(11-16)15(18)17-10-8-12-5-2-3-7-14(12)17/h2-3,5,7,13H,4,6,8-11H2,1H3/t13-/m0/s1. The molecule has 2 aliphatic heterocycles. The number of carbonyl (C=O) groups excluding carboxylic acids is 1. The van der Waals surface area contributed by atoms with Crippen LogP contribution < -0.4 is 4.90 Å². The molecule has 3 heteroatoms. The van der Waals surface area contributed by atoms with E-state index in [9.17, 15) is 4.79 Å². The van der Waals surface area contributed by atoms with Crippen LogP contribution in [-0.4, -0.2) is 37.5 Å². The number of piperidine rings is 1. The Hall–Kier alpha value is -1.35. The van der Waals surface area contributed by atoms with E-state index in [1.165, 1.54) is 5.56 Å². The second kappa shape index (κ2) is 4.73. The quantitative estimate of drug-likeness (QED) is 0.753. The third-order valence-electron chi connectivity index (χ3n) is 4.13. The van der Waals surface area contributed by atoms with Gasteiger partial charge in [0.1, 0.15) is 0 Å². The molecule has 1 aromatic rings. The molecule has 1 saturated heterocycles. The van der Waals surface area contributed by atoms with Crippen molar-refractivity contribution < 1.29 is 4.79 Å². The lowest BCUT2D eigenvalue weighted by molar-refractivity contribution is -0.123. The van der Waals surface area contributed by atoms with Crippen molar-refractivity contribution >= 4 is 11.6 Å². The molecule has 2 aliphatic rings. The third kappa shape index (κ3) is 2.03. The number of rotatable bonds is 1. The van der Waals surface area contributed by atoms with Crippen molar-refractivity contribution in [1.82, 2.24) is 4.90 Å². The number of hydrogen-bond acceptors (Lipinski definition) is 2. The highest BCUT2D eigenvalue weighted by atomic mass is 16.2. The molecule has 96 valence electrons. The van der Waals surface area contributed by atoms with Crippen LogP contribution in [0.25, 0.3) is 0 Å². The minimum absolute atomic E-state index is 0.190. The number of benzene rings is 1. The number of fused-ring (bicyclic) bond motifs is 1. The zero-order valence-corrected chi connectivity index (χ0v) is 10.9. The number of amides is 1. The Kier molecular flexibility index (Phi) is 3.08. The predicted molar refractivity (Wildman–Crippen MR) is 72.7 cm³/mol. The Bertz CT molecular complexity index is 458. The number of anilines is 1. The van der Waals surface area contributed by atoms with Gasteiger partial charge in [0.2, 0.25) is 5.91 Å². The zero-order valence-electron chi connectivity index (χ0n) is 10.9. The molecular weight excluding hydrogens is 224 g/mol. The Labute approximate surface area is 108 Å². The van der Waals surface area contributed by atoms with E-state index < -0.39 is 0 Å². The molecule has 0 aromatic heterocycles. The zero-order chi connectivity index (χ0) is 12.5. The van der Waals surface area contributed by atoms with Crippen LogP contribution in [0.4, 0.5) is 5.69 Å². The number of nitrogens with zero attached hydrogens (tertiary/aromatic N) is 2. The summed E-state index contributed by atoms with van der Waals surface area (Å²) in [5, 5.41) is 0. The van der Waals surface area contributed by atoms with Crippen molar-refractivity contribution in [2.24, 2.45) is 5.92 Å². The van der Waals surface area contributed by atoms with Crippen LogP contribution in [0.3, 0.4) is 0 Å². The average Bonchev–Trinajstić information content (AvgIpc) is 2.82. The summed E-state index contributed by atoms with van der Waals surface area (Å²) >= 11 is 0. The summed E-state index contributed by atoms with van der Waals surface area (Å²) in [6.45, 7) is 2.90. The van der Waals surface area contributed by atoms with Crippen molar-refractivity contribution in [2.75, 3.05) is 31.6 Å². The first-order valence-corrected chi connectivity index (χ1v) is 6.83. The molecule has 2 heterocycles. The average molecular weight is 244 g/mol. The second-order valence-corrected chi connectivity index (χ2v) is 5.47. The molecule has 0 spiro atoms. The van der Waals surface area contributed by atoms with Gasteiger partial charge in [-0.1, -0.05) is 18.2 Å². The van der Waals surface area contributed by atoms with Crippen LogP contribution in [0.5, 0.6) is 0 Å². The fourth-order valence-corrected chi connectivity index (χ4v) is 3.16. The van der Waals surface area contributed by atoms with E-state index in [1.807, 2.05) is 11.0 Å². The van der Waals surface area contributed by atoms with E-state index in [0.717, 1.165) is 44.6 Å². The fourth-order valence-electron chi connectivity index (χ4n) is 3.16. The van der Waals surface area contributed by atoms with Gasteiger partial charge in [0.25, 0.3) is 0 Å². The number of para-hydroxylation sites is 1. The van der Waals surface area contributed by atoms with Crippen LogP contribution >= 0.6 is 0 Å². The van der Waals surface area contributed by atoms with Crippen LogP contribution in [0.1, 0.15) is 18.4 Å². The van der Waals surface area contributed by atoms with Gasteiger partial charge in [0.05, 0.1) is 5.92 Å². The number of likely N-dealkylation sites (tertiary alicyclic amines) is 1. The molecular formula is C15H20N2O. The molecule has 1 amide bonds. The summed E-state index contributed by atoms with van der Waals surface area (Å²) in [6.07, 6.45) is 3.19. The highest BCUT2D eigenvalue weighted by Gasteiger charge is 2.31. The second-order valence-electron chi connectivity index (χ2n) is 5.47. The van der Waals surface area contributed by atoms with Crippen LogP contribution in [0.15, 0.2) is 24.3 Å². The summed E-state index contributed by atoms with van der Waals surface area (Å²) in [6, 6.07) is 8.29. The fraction of sp³-hybridized carbons (Fsp3) is 0.533. The van der Waals surface area contributed by atoms with Crippen LogP contribution in [0.2, 0.25) is 0 Å². The third-order valence-corrected chi connectivity index (χ3v) is 4.13. The van der Waals surface area contributed by atoms with Crippen molar-refractivity contribution in [3.8, 4) is 0 Å². The largest absolute Gasteiger partial charge is 0.312 e. The van der Waals surface area contributed by atoms with Gasteiger partial charge in [-0.15, -0.1) is 0 Å². The number of carbonyl (C=O) groups is 1. The van der Waals surface area contributed by atoms with Gasteiger partial charge in [-0.2, -0.15) is 0 Å². The summed E-state index contributed by atoms with van der Waals surface area (Å²) in [5.41, 5.74) is 2.45. The van der Waals surface area contributed by atoms with E-state index in [4.69, 9.17) is 0 Å². The van der Waals surface area contributed by atoms with E-state index >= 15 is 0 Å². The molecule has 0 saturated carbocycles. The van der Waals surface area contributed by atoms with Gasteiger partial charge < -0.3 is 9.80 Å². The molecule has 0 radical (unpaired) electrons. The highest BCUT2D eigenvalue weighted by Crippen LogP contribution is 2.30. The van der Waals surface area contributed by atoms with Crippen LogP contribution in [0, 0.1) is 5.92 Å². The lowest BCUT2D eigenvalue weighted by atomic mass is 9.97. The van der Waals surface area contributed by atoms with E-state index in [0.29, 0.717) is 5.91 Å². The van der Waals surface area contributed by atoms with E-state index in [-0.39, 0.29) is 5.92 Å². The summed E-state index contributed by atoms with van der Waals surface area (Å²) in [4.78, 5) is 16.9. The number of hydrogen-bond donors (Lipinski definition) is 0. The minimum atomic E-state index is 0.190. The summed E-state index contributed by atoms with van der Waals surface area (Å²) in [5.74, 6) is 0.515. The maximum Gasteiger partial charge on any atom is 0.231 e. The Morgan fingerprint density at radius 1 is 1.28 bits per heavy atom. The molecule has 3 nitrogen and oxygen atoms in total. The molecule has 0 N–H and O–H groups in total. The molecule has 1 fully saturated rings. The van der Waals surface area contributed by atoms with Crippen molar-refractivity contribution in [3.05, 3.63) is 29.8 Å². The topological polar surface area (TPSA) is 23.6 Å². The Balaban J connectivity index is 1.78. The van der Waals surface area contributed by atoms with Gasteiger partial charge in [0.15, 0.2) is 0 Å². The van der Waals surface area contributed by atoms with Gasteiger partial charge in [-0.25, -0.2) is 0 Å². The van der Waals surface area contributed by atoms with E-state index in [1.54, 1.807) is 0 Å². The normalized spacial score (nSPS) is 24.1. The monoisotopic (exact) mass is 244 g/mol. The molecule has 0 aliphatic carbocycles. The van der Waals surface area contributed by atoms with Crippen molar-refractivity contribution in [2.45, 2.75) is 19.3 Å². The summed E-state index contributed by atoms with van der Waals surface area (Å²) < 4.78 is 0. The predicted octanol–water partition coefficient (Wildman–Crippen LogP) is 1.92. The smallest absolute Gasteiger partial charge is 0.231 e. The Morgan fingerprint density at radius 2 is 2.11 bits per heavy atom. The van der Waals surface area contributed by atoms with Gasteiger partial charge in [-0.05, 0) is 44.5 Å². The Morgan fingerprint density at radius 3 is 2.94 bits per heavy atom. The molecule has 1 aromatic carbocycles. The van der Waals surface area contributed by atoms with Crippen LogP contribution in [-0.2, 0) is 11.2 Å². The first-order chi connectivity index (χ1) is 8.75. The first-order valence-electron chi connectivity index (χ1n) is 6.83. The lowest BCUT2D eigenvalue weighted by Gasteiger charge is -2.31. The maximum atomic E-state index is 12.6. The lowest BCUT2D eigenvalue weighted by Crippen LogP contribution is -2.43. The molecule has 0 unspecified atom stereocenters. The van der Waals surface area contributed by atoms with E-state index in [2.05, 4.69) is 30.1 Å². The van der Waals surface area contributed by atoms with Gasteiger partial charge in [-0.3, -0.25) is 4.79 Å². The highest BCUT2D eigenvalue weighted by molar-refractivity contribution is 5.97. The van der Waals surface area contributed by atoms with Gasteiger partial charge >= 0.3 is 0 Å². The van der Waals surface area contributed by atoms with Crippen molar-refractivity contribution in [1.29, 1.82) is 0 Å². The van der Waals surface area contributed by atoms with Crippen molar-refractivity contribution in [3.63, 3.8) is 0 Å². The molecule has 3 rings (SSSR count). The molecule has 18 heavy (non-hydrogen) atoms. The first kappa shape index (κ1) is 11.7. The van der Waals surface area contributed by atoms with Gasteiger partial charge in [0, 0.05) is 18.8 Å².